The van der Waals surface area contributed by atoms with Crippen LogP contribution >= 0.6 is 0 Å². The number of rotatable bonds is 3. The molecule has 1 fully saturated rings. The fourth-order valence-corrected chi connectivity index (χ4v) is 6.15. The van der Waals surface area contributed by atoms with Gasteiger partial charge in [-0.25, -0.2) is 4.90 Å². The molecule has 0 spiro atoms. The molecular formula is C26H18N2O6. The quantitative estimate of drug-likeness (QED) is 0.197. The van der Waals surface area contributed by atoms with Gasteiger partial charge in [-0.2, -0.15) is 0 Å². The zero-order chi connectivity index (χ0) is 23.8. The smallest absolute Gasteiger partial charge is 0.308 e. The van der Waals surface area contributed by atoms with Crippen molar-refractivity contribution in [1.29, 1.82) is 0 Å². The van der Waals surface area contributed by atoms with E-state index in [1.54, 1.807) is 48.5 Å². The molecule has 168 valence electrons. The summed E-state index contributed by atoms with van der Waals surface area (Å²) in [5, 5.41) is 12.9. The molecule has 1 aliphatic heterocycles. The van der Waals surface area contributed by atoms with Gasteiger partial charge >= 0.3 is 5.97 Å². The Balaban J connectivity index is 1.59. The normalized spacial score (nSPS) is 26.0. The van der Waals surface area contributed by atoms with Crippen molar-refractivity contribution in [2.45, 2.75) is 18.4 Å². The van der Waals surface area contributed by atoms with Gasteiger partial charge in [-0.15, -0.1) is 0 Å². The van der Waals surface area contributed by atoms with Crippen LogP contribution in [0, 0.1) is 22.0 Å². The summed E-state index contributed by atoms with van der Waals surface area (Å²) in [5.41, 5.74) is 0.672. The first-order valence-corrected chi connectivity index (χ1v) is 10.9. The molecular weight excluding hydrogens is 436 g/mol. The third-order valence-corrected chi connectivity index (χ3v) is 7.20. The Morgan fingerprint density at radius 1 is 0.941 bits per heavy atom. The molecule has 0 radical (unpaired) electrons. The van der Waals surface area contributed by atoms with Crippen molar-refractivity contribution in [1.82, 2.24) is 0 Å². The van der Waals surface area contributed by atoms with E-state index in [2.05, 4.69) is 0 Å². The molecule has 2 amide bonds. The first-order valence-electron chi connectivity index (χ1n) is 10.9. The Kier molecular flexibility index (Phi) is 4.08. The number of hydrogen-bond acceptors (Lipinski definition) is 6. The van der Waals surface area contributed by atoms with Crippen LogP contribution in [0.4, 0.5) is 5.69 Å². The number of carbonyl (C=O) groups is 3. The highest BCUT2D eigenvalue weighted by Crippen LogP contribution is 2.64. The highest BCUT2D eigenvalue weighted by Gasteiger charge is 2.74. The lowest BCUT2D eigenvalue weighted by atomic mass is 9.51. The molecule has 1 saturated heterocycles. The first-order chi connectivity index (χ1) is 16.4. The summed E-state index contributed by atoms with van der Waals surface area (Å²) in [5.74, 6) is -4.06. The molecule has 8 nitrogen and oxygen atoms in total. The number of anilines is 1. The Hall–Kier alpha value is -4.33. The van der Waals surface area contributed by atoms with E-state index in [1.807, 2.05) is 12.1 Å². The van der Waals surface area contributed by atoms with E-state index in [4.69, 9.17) is 4.74 Å². The van der Waals surface area contributed by atoms with Gasteiger partial charge < -0.3 is 4.74 Å². The lowest BCUT2D eigenvalue weighted by Gasteiger charge is -2.48. The summed E-state index contributed by atoms with van der Waals surface area (Å²) in [6.45, 7) is 1.25. The second-order valence-corrected chi connectivity index (χ2v) is 8.78. The molecule has 2 atom stereocenters. The van der Waals surface area contributed by atoms with E-state index in [1.165, 1.54) is 19.1 Å². The lowest BCUT2D eigenvalue weighted by molar-refractivity contribution is -0.578. The van der Waals surface area contributed by atoms with Crippen LogP contribution in [0.5, 0.6) is 5.75 Å². The van der Waals surface area contributed by atoms with E-state index >= 15 is 0 Å². The molecule has 0 aromatic heterocycles. The highest BCUT2D eigenvalue weighted by atomic mass is 16.6. The van der Waals surface area contributed by atoms with Crippen LogP contribution in [0.25, 0.3) is 0 Å². The van der Waals surface area contributed by atoms with Gasteiger partial charge in [0.25, 0.3) is 5.54 Å². The van der Waals surface area contributed by atoms with Crippen molar-refractivity contribution in [3.8, 4) is 5.75 Å². The largest absolute Gasteiger partial charge is 0.427 e. The van der Waals surface area contributed by atoms with E-state index in [0.29, 0.717) is 22.3 Å². The van der Waals surface area contributed by atoms with Crippen LogP contribution in [0.3, 0.4) is 0 Å². The standard InChI is InChI=1S/C26H18N2O6/c1-14(29)34-16-8-6-7-15(13-16)27-24(30)22-21-17-9-2-4-11-19(17)26(28(32)33,23(22)25(27)31)20-12-5-3-10-18(20)21/h2-13,21-23H,1H3/t21?,22-,23-,26?/m1/s1. The van der Waals surface area contributed by atoms with E-state index in [9.17, 15) is 24.5 Å². The minimum atomic E-state index is -1.87. The SMILES string of the molecule is CC(=O)Oc1cccc(N2C(=O)[C@@H]3C4c5ccccc5C([N+](=O)[O-])(c5ccccc54)[C@H]3C2=O)c1. The number of nitrogens with zero attached hydrogens (tertiary/aromatic N) is 2. The Bertz CT molecular complexity index is 1380. The summed E-state index contributed by atoms with van der Waals surface area (Å²) < 4.78 is 5.12. The molecule has 3 aliphatic carbocycles. The van der Waals surface area contributed by atoms with Gasteiger partial charge in [0.15, 0.2) is 0 Å². The molecule has 4 aliphatic rings. The number of benzene rings is 3. The first kappa shape index (κ1) is 20.3. The van der Waals surface area contributed by atoms with Crippen LogP contribution < -0.4 is 9.64 Å². The van der Waals surface area contributed by atoms with Crippen molar-refractivity contribution in [3.05, 3.63) is 105 Å². The summed E-state index contributed by atoms with van der Waals surface area (Å²) in [6.07, 6.45) is 0. The minimum absolute atomic E-state index is 0.180. The fraction of sp³-hybridized carbons (Fsp3) is 0.192. The second-order valence-electron chi connectivity index (χ2n) is 8.78. The van der Waals surface area contributed by atoms with Gasteiger partial charge in [0.2, 0.25) is 11.8 Å². The topological polar surface area (TPSA) is 107 Å². The van der Waals surface area contributed by atoms with Gasteiger partial charge in [0, 0.05) is 35.0 Å². The zero-order valence-electron chi connectivity index (χ0n) is 18.0. The second kappa shape index (κ2) is 6.84. The number of nitro groups is 1. The molecule has 1 heterocycles. The molecule has 0 N–H and O–H groups in total. The molecule has 2 bridgehead atoms. The predicted molar refractivity (Wildman–Crippen MR) is 120 cm³/mol. The number of ether oxygens (including phenoxy) is 1. The van der Waals surface area contributed by atoms with Crippen molar-refractivity contribution in [3.63, 3.8) is 0 Å². The molecule has 3 aromatic carbocycles. The van der Waals surface area contributed by atoms with Gasteiger partial charge in [0.1, 0.15) is 11.7 Å². The summed E-state index contributed by atoms with van der Waals surface area (Å²) in [4.78, 5) is 52.7. The summed E-state index contributed by atoms with van der Waals surface area (Å²) in [7, 11) is 0. The summed E-state index contributed by atoms with van der Waals surface area (Å²) in [6, 6.07) is 20.1. The molecule has 0 saturated carbocycles. The maximum Gasteiger partial charge on any atom is 0.308 e. The predicted octanol–water partition coefficient (Wildman–Crippen LogP) is 3.40. The van der Waals surface area contributed by atoms with E-state index in [-0.39, 0.29) is 11.4 Å². The fourth-order valence-electron chi connectivity index (χ4n) is 6.15. The Morgan fingerprint density at radius 2 is 1.56 bits per heavy atom. The number of hydrogen-bond donors (Lipinski definition) is 0. The average Bonchev–Trinajstić information content (AvgIpc) is 3.09. The number of esters is 1. The van der Waals surface area contributed by atoms with Crippen LogP contribution in [-0.2, 0) is 19.9 Å². The van der Waals surface area contributed by atoms with E-state index < -0.39 is 46.0 Å². The number of imide groups is 1. The average molecular weight is 454 g/mol. The minimum Gasteiger partial charge on any atom is -0.427 e. The van der Waals surface area contributed by atoms with Gasteiger partial charge in [0.05, 0.1) is 11.6 Å². The van der Waals surface area contributed by atoms with Crippen molar-refractivity contribution < 1.29 is 24.0 Å². The monoisotopic (exact) mass is 454 g/mol. The Labute approximate surface area is 193 Å². The maximum absolute atomic E-state index is 13.9. The Morgan fingerprint density at radius 3 is 2.15 bits per heavy atom. The third-order valence-electron chi connectivity index (χ3n) is 7.20. The van der Waals surface area contributed by atoms with Crippen molar-refractivity contribution >= 4 is 23.5 Å². The van der Waals surface area contributed by atoms with Gasteiger partial charge in [-0.1, -0.05) is 54.6 Å². The molecule has 3 aromatic rings. The van der Waals surface area contributed by atoms with Crippen LogP contribution in [0.1, 0.15) is 35.1 Å². The molecule has 0 unspecified atom stereocenters. The zero-order valence-corrected chi connectivity index (χ0v) is 18.0. The maximum atomic E-state index is 13.9. The van der Waals surface area contributed by atoms with Crippen LogP contribution in [-0.4, -0.2) is 22.7 Å². The van der Waals surface area contributed by atoms with E-state index in [0.717, 1.165) is 4.90 Å². The molecule has 8 heteroatoms. The lowest BCUT2D eigenvalue weighted by Crippen LogP contribution is -2.57. The highest BCUT2D eigenvalue weighted by molar-refractivity contribution is 6.23. The number of carbonyl (C=O) groups excluding carboxylic acids is 3. The van der Waals surface area contributed by atoms with Gasteiger partial charge in [-0.3, -0.25) is 24.5 Å². The molecule has 34 heavy (non-hydrogen) atoms. The van der Waals surface area contributed by atoms with Gasteiger partial charge in [-0.05, 0) is 23.3 Å². The third kappa shape index (κ3) is 2.34. The molecule has 7 rings (SSSR count). The van der Waals surface area contributed by atoms with Crippen molar-refractivity contribution in [2.75, 3.05) is 4.90 Å². The number of amides is 2. The van der Waals surface area contributed by atoms with Crippen LogP contribution in [0.15, 0.2) is 72.8 Å². The van der Waals surface area contributed by atoms with Crippen molar-refractivity contribution in [2.24, 2.45) is 11.8 Å². The van der Waals surface area contributed by atoms with Crippen LogP contribution in [0.2, 0.25) is 0 Å². The summed E-state index contributed by atoms with van der Waals surface area (Å²) >= 11 is 0.